The second-order valence-electron chi connectivity index (χ2n) is 4.46. The van der Waals surface area contributed by atoms with Gasteiger partial charge in [-0.05, 0) is 27.2 Å². The lowest BCUT2D eigenvalue weighted by Gasteiger charge is -2.21. The molecule has 0 saturated carbocycles. The topological polar surface area (TPSA) is 69.4 Å². The van der Waals surface area contributed by atoms with Crippen molar-refractivity contribution in [2.75, 3.05) is 18.6 Å². The van der Waals surface area contributed by atoms with Gasteiger partial charge >= 0.3 is 0 Å². The molecule has 0 atom stereocenters. The second kappa shape index (κ2) is 5.93. The van der Waals surface area contributed by atoms with Crippen molar-refractivity contribution >= 4 is 22.5 Å². The van der Waals surface area contributed by atoms with E-state index < -0.39 is 15.4 Å². The van der Waals surface area contributed by atoms with E-state index in [-0.39, 0.29) is 5.75 Å². The van der Waals surface area contributed by atoms with Crippen LogP contribution >= 0.6 is 12.6 Å². The summed E-state index contributed by atoms with van der Waals surface area (Å²) in [7, 11) is -2.91. The van der Waals surface area contributed by atoms with E-state index >= 15 is 0 Å². The Morgan fingerprint density at radius 2 is 1.94 bits per heavy atom. The molecule has 0 spiro atoms. The zero-order valence-electron chi connectivity index (χ0n) is 10.3. The Labute approximate surface area is 104 Å². The van der Waals surface area contributed by atoms with E-state index in [1.165, 1.54) is 6.26 Å². The molecule has 0 amide bonds. The molecule has 0 rings (SSSR count). The van der Waals surface area contributed by atoms with Crippen LogP contribution in [-0.4, -0.2) is 32.6 Å². The van der Waals surface area contributed by atoms with E-state index in [1.807, 2.05) is 13.8 Å². The zero-order chi connectivity index (χ0) is 13.0. The number of hydrogen-bond acceptors (Lipinski definition) is 5. The molecule has 0 aliphatic rings. The first-order valence-electron chi connectivity index (χ1n) is 5.04. The number of sulfone groups is 1. The molecule has 0 unspecified atom stereocenters. The molecule has 2 N–H and O–H groups in total. The first kappa shape index (κ1) is 15.8. The first-order valence-corrected chi connectivity index (χ1v) is 7.54. The number of hydrogen-bond donors (Lipinski definition) is 2. The Bertz CT molecular complexity index is 353. The molecule has 96 valence electrons. The maximum Gasteiger partial charge on any atom is 0.147 e. The number of nitrogens with two attached hydrogens (primary N) is 1. The normalized spacial score (nSPS) is 14.6. The molecule has 6 heteroatoms. The summed E-state index contributed by atoms with van der Waals surface area (Å²) in [6.07, 6.45) is 1.69. The SMILES string of the molecule is C/C(OCCCS(C)(=O)=O)=C(/S)C(C)(C)N. The van der Waals surface area contributed by atoms with Crippen molar-refractivity contribution in [2.24, 2.45) is 5.73 Å². The summed E-state index contributed by atoms with van der Waals surface area (Å²) in [5.74, 6) is 0.776. The third kappa shape index (κ3) is 7.14. The van der Waals surface area contributed by atoms with E-state index in [9.17, 15) is 8.42 Å². The fourth-order valence-electron chi connectivity index (χ4n) is 1.07. The molecule has 0 aromatic carbocycles. The Hall–Kier alpha value is -0.200. The van der Waals surface area contributed by atoms with Crippen molar-refractivity contribution in [1.29, 1.82) is 0 Å². The van der Waals surface area contributed by atoms with Crippen molar-refractivity contribution in [2.45, 2.75) is 32.7 Å². The largest absolute Gasteiger partial charge is 0.497 e. The van der Waals surface area contributed by atoms with Crippen LogP contribution in [0.1, 0.15) is 27.2 Å². The van der Waals surface area contributed by atoms with E-state index in [0.29, 0.717) is 23.7 Å². The van der Waals surface area contributed by atoms with Gasteiger partial charge in [-0.1, -0.05) is 0 Å². The minimum atomic E-state index is -2.91. The molecule has 0 heterocycles. The zero-order valence-corrected chi connectivity index (χ0v) is 12.0. The van der Waals surface area contributed by atoms with Gasteiger partial charge in [0, 0.05) is 16.7 Å². The third-order valence-corrected chi connectivity index (χ3v) is 3.84. The molecular formula is C10H21NO3S2. The summed E-state index contributed by atoms with van der Waals surface area (Å²) >= 11 is 4.28. The minimum absolute atomic E-state index is 0.133. The fourth-order valence-corrected chi connectivity index (χ4v) is 1.78. The van der Waals surface area contributed by atoms with E-state index in [4.69, 9.17) is 10.5 Å². The number of rotatable bonds is 6. The highest BCUT2D eigenvalue weighted by molar-refractivity contribution is 7.90. The van der Waals surface area contributed by atoms with Crippen molar-refractivity contribution in [1.82, 2.24) is 0 Å². The molecule has 0 aromatic heterocycles. The summed E-state index contributed by atoms with van der Waals surface area (Å²) in [5.41, 5.74) is 5.31. The van der Waals surface area contributed by atoms with E-state index in [1.54, 1.807) is 6.92 Å². The smallest absolute Gasteiger partial charge is 0.147 e. The van der Waals surface area contributed by atoms with Crippen LogP contribution in [0.4, 0.5) is 0 Å². The number of thiol groups is 1. The third-order valence-electron chi connectivity index (χ3n) is 1.92. The average molecular weight is 267 g/mol. The van der Waals surface area contributed by atoms with Gasteiger partial charge in [-0.15, -0.1) is 12.6 Å². The van der Waals surface area contributed by atoms with Crippen LogP contribution in [0.25, 0.3) is 0 Å². The van der Waals surface area contributed by atoms with Gasteiger partial charge < -0.3 is 10.5 Å². The molecule has 0 radical (unpaired) electrons. The highest BCUT2D eigenvalue weighted by Crippen LogP contribution is 2.21. The highest BCUT2D eigenvalue weighted by Gasteiger charge is 2.17. The van der Waals surface area contributed by atoms with Gasteiger partial charge in [0.05, 0.1) is 12.4 Å². The summed E-state index contributed by atoms with van der Waals surface area (Å²) in [5, 5.41) is 0. The Balaban J connectivity index is 4.14. The predicted molar refractivity (Wildman–Crippen MR) is 70.2 cm³/mol. The van der Waals surface area contributed by atoms with Gasteiger partial charge in [0.15, 0.2) is 0 Å². The maximum atomic E-state index is 10.9. The Kier molecular flexibility index (Phi) is 5.86. The van der Waals surface area contributed by atoms with Crippen LogP contribution in [0, 0.1) is 0 Å². The quantitative estimate of drug-likeness (QED) is 0.433. The van der Waals surface area contributed by atoms with Gasteiger partial charge in [0.1, 0.15) is 15.6 Å². The van der Waals surface area contributed by atoms with E-state index in [2.05, 4.69) is 12.6 Å². The van der Waals surface area contributed by atoms with Gasteiger partial charge in [0.25, 0.3) is 0 Å². The monoisotopic (exact) mass is 267 g/mol. The summed E-state index contributed by atoms with van der Waals surface area (Å²) in [6.45, 7) is 5.80. The molecule has 0 fully saturated rings. The van der Waals surface area contributed by atoms with Gasteiger partial charge in [-0.3, -0.25) is 0 Å². The molecule has 0 aliphatic heterocycles. The van der Waals surface area contributed by atoms with Crippen molar-refractivity contribution in [3.05, 3.63) is 10.7 Å². The lowest BCUT2D eigenvalue weighted by molar-refractivity contribution is 0.210. The van der Waals surface area contributed by atoms with Crippen molar-refractivity contribution in [3.8, 4) is 0 Å². The first-order chi connectivity index (χ1) is 7.04. The summed E-state index contributed by atoms with van der Waals surface area (Å²) < 4.78 is 27.1. The van der Waals surface area contributed by atoms with Crippen LogP contribution in [0.15, 0.2) is 10.7 Å². The molecule has 0 bridgehead atoms. The number of ether oxygens (including phenoxy) is 1. The van der Waals surface area contributed by atoms with Crippen LogP contribution < -0.4 is 5.73 Å². The average Bonchev–Trinajstić information content (AvgIpc) is 2.07. The van der Waals surface area contributed by atoms with Gasteiger partial charge in [-0.25, -0.2) is 8.42 Å². The molecule has 0 saturated heterocycles. The molecule has 0 aromatic rings. The molecule has 0 aliphatic carbocycles. The van der Waals surface area contributed by atoms with Gasteiger partial charge in [-0.2, -0.15) is 0 Å². The Morgan fingerprint density at radius 3 is 2.31 bits per heavy atom. The summed E-state index contributed by atoms with van der Waals surface area (Å²) in [4.78, 5) is 0.673. The van der Waals surface area contributed by atoms with Crippen LogP contribution in [0.3, 0.4) is 0 Å². The Morgan fingerprint density at radius 1 is 1.44 bits per heavy atom. The van der Waals surface area contributed by atoms with Crippen molar-refractivity contribution in [3.63, 3.8) is 0 Å². The van der Waals surface area contributed by atoms with Crippen molar-refractivity contribution < 1.29 is 13.2 Å². The maximum absolute atomic E-state index is 10.9. The lowest BCUT2D eigenvalue weighted by atomic mass is 10.1. The predicted octanol–water partition coefficient (Wildman–Crippen LogP) is 1.34. The van der Waals surface area contributed by atoms with Gasteiger partial charge in [0.2, 0.25) is 0 Å². The second-order valence-corrected chi connectivity index (χ2v) is 7.17. The minimum Gasteiger partial charge on any atom is -0.497 e. The molecule has 4 nitrogen and oxygen atoms in total. The highest BCUT2D eigenvalue weighted by atomic mass is 32.2. The summed E-state index contributed by atoms with van der Waals surface area (Å²) in [6, 6.07) is 0. The van der Waals surface area contributed by atoms with E-state index in [0.717, 1.165) is 0 Å². The standard InChI is InChI=1S/C10H21NO3S2/c1-8(9(15)10(2,3)11)14-6-5-7-16(4,12)13/h15H,5-7,11H2,1-4H3/b9-8-. The lowest BCUT2D eigenvalue weighted by Crippen LogP contribution is -2.33. The fraction of sp³-hybridized carbons (Fsp3) is 0.800. The molecular weight excluding hydrogens is 246 g/mol. The van der Waals surface area contributed by atoms with Crippen LogP contribution in [0.2, 0.25) is 0 Å². The molecule has 16 heavy (non-hydrogen) atoms. The number of allylic oxidation sites excluding steroid dienone is 1. The van der Waals surface area contributed by atoms with Crippen LogP contribution in [0.5, 0.6) is 0 Å². The van der Waals surface area contributed by atoms with Crippen LogP contribution in [-0.2, 0) is 14.6 Å².